The van der Waals surface area contributed by atoms with Gasteiger partial charge in [-0.1, -0.05) is 13.3 Å². The molecule has 0 radical (unpaired) electrons. The molecule has 1 saturated carbocycles. The van der Waals surface area contributed by atoms with E-state index in [1.165, 1.54) is 0 Å². The lowest BCUT2D eigenvalue weighted by molar-refractivity contribution is -0.00446. The molecule has 3 heteroatoms. The molecule has 0 amide bonds. The van der Waals surface area contributed by atoms with Crippen molar-refractivity contribution < 1.29 is 9.84 Å². The minimum Gasteiger partial charge on any atom is -0.489 e. The Hall–Kier alpha value is -1.09. The number of hydrogen-bond acceptors (Lipinski definition) is 3. The van der Waals surface area contributed by atoms with Crippen molar-refractivity contribution in [3.05, 3.63) is 24.0 Å². The summed E-state index contributed by atoms with van der Waals surface area (Å²) < 4.78 is 5.65. The molecule has 2 unspecified atom stereocenters. The normalized spacial score (nSPS) is 27.7. The van der Waals surface area contributed by atoms with Gasteiger partial charge in [0.2, 0.25) is 0 Å². The zero-order valence-electron chi connectivity index (χ0n) is 11.5. The van der Waals surface area contributed by atoms with Crippen molar-refractivity contribution in [1.29, 1.82) is 0 Å². The molecule has 2 atom stereocenters. The summed E-state index contributed by atoms with van der Waals surface area (Å²) >= 11 is 0. The Morgan fingerprint density at radius 3 is 2.94 bits per heavy atom. The van der Waals surface area contributed by atoms with Crippen LogP contribution in [0.3, 0.4) is 0 Å². The largest absolute Gasteiger partial charge is 0.489 e. The van der Waals surface area contributed by atoms with Crippen LogP contribution in [0.15, 0.2) is 18.5 Å². The highest BCUT2D eigenvalue weighted by Gasteiger charge is 2.41. The van der Waals surface area contributed by atoms with E-state index in [4.69, 9.17) is 4.74 Å². The third kappa shape index (κ3) is 2.51. The summed E-state index contributed by atoms with van der Waals surface area (Å²) in [6.07, 6.45) is 7.64. The molecule has 1 heterocycles. The Balaban J connectivity index is 2.27. The van der Waals surface area contributed by atoms with E-state index in [1.54, 1.807) is 12.4 Å². The lowest BCUT2D eigenvalue weighted by Crippen LogP contribution is -2.30. The highest BCUT2D eigenvalue weighted by molar-refractivity contribution is 5.29. The van der Waals surface area contributed by atoms with E-state index in [9.17, 15) is 5.11 Å². The summed E-state index contributed by atoms with van der Waals surface area (Å²) in [5, 5.41) is 10.9. The first-order chi connectivity index (χ1) is 8.56. The van der Waals surface area contributed by atoms with Gasteiger partial charge >= 0.3 is 0 Å². The van der Waals surface area contributed by atoms with Gasteiger partial charge in [-0.05, 0) is 45.1 Å². The van der Waals surface area contributed by atoms with E-state index in [2.05, 4.69) is 11.9 Å². The van der Waals surface area contributed by atoms with Gasteiger partial charge in [0.25, 0.3) is 0 Å². The molecule has 1 aromatic rings. The van der Waals surface area contributed by atoms with Crippen molar-refractivity contribution in [1.82, 2.24) is 4.98 Å². The predicted molar refractivity (Wildman–Crippen MR) is 71.5 cm³/mol. The zero-order valence-corrected chi connectivity index (χ0v) is 11.5. The molecule has 1 N–H and O–H groups in total. The van der Waals surface area contributed by atoms with Crippen molar-refractivity contribution >= 4 is 0 Å². The third-order valence-electron chi connectivity index (χ3n) is 3.86. The van der Waals surface area contributed by atoms with E-state index in [1.807, 2.05) is 19.9 Å². The average molecular weight is 249 g/mol. The molecule has 1 aliphatic rings. The number of aromatic nitrogens is 1. The number of ether oxygens (including phenoxy) is 1. The van der Waals surface area contributed by atoms with Crippen LogP contribution in [-0.4, -0.2) is 16.2 Å². The highest BCUT2D eigenvalue weighted by atomic mass is 16.5. The molecule has 1 aromatic heterocycles. The molecule has 3 nitrogen and oxygen atoms in total. The molecule has 2 rings (SSSR count). The summed E-state index contributed by atoms with van der Waals surface area (Å²) in [4.78, 5) is 4.21. The standard InChI is InChI=1S/C15H23NO2/c1-4-12-6-5-7-15(12,17)13-8-14(10-16-9-13)18-11(2)3/h8-12,17H,4-7H2,1-3H3. The van der Waals surface area contributed by atoms with Crippen molar-refractivity contribution in [2.45, 2.75) is 58.2 Å². The van der Waals surface area contributed by atoms with Crippen molar-refractivity contribution in [2.75, 3.05) is 0 Å². The van der Waals surface area contributed by atoms with Crippen molar-refractivity contribution in [3.8, 4) is 5.75 Å². The fraction of sp³-hybridized carbons (Fsp3) is 0.667. The zero-order chi connectivity index (χ0) is 13.2. The first-order valence-electron chi connectivity index (χ1n) is 6.91. The Labute approximate surface area is 109 Å². The summed E-state index contributed by atoms with van der Waals surface area (Å²) in [5.74, 6) is 1.09. The summed E-state index contributed by atoms with van der Waals surface area (Å²) in [7, 11) is 0. The van der Waals surface area contributed by atoms with Crippen LogP contribution in [0, 0.1) is 5.92 Å². The quantitative estimate of drug-likeness (QED) is 0.890. The van der Waals surface area contributed by atoms with Crippen molar-refractivity contribution in [2.24, 2.45) is 5.92 Å². The molecular weight excluding hydrogens is 226 g/mol. The maximum Gasteiger partial charge on any atom is 0.138 e. The molecule has 0 spiro atoms. The minimum absolute atomic E-state index is 0.127. The van der Waals surface area contributed by atoms with E-state index < -0.39 is 5.60 Å². The summed E-state index contributed by atoms with van der Waals surface area (Å²) in [6, 6.07) is 1.95. The summed E-state index contributed by atoms with van der Waals surface area (Å²) in [5.41, 5.74) is 0.197. The number of aliphatic hydroxyl groups is 1. The van der Waals surface area contributed by atoms with E-state index in [0.717, 1.165) is 37.0 Å². The number of rotatable bonds is 4. The highest BCUT2D eigenvalue weighted by Crippen LogP contribution is 2.45. The van der Waals surface area contributed by atoms with Gasteiger partial charge in [-0.25, -0.2) is 0 Å². The van der Waals surface area contributed by atoms with Gasteiger partial charge in [0.1, 0.15) is 5.75 Å². The molecule has 1 aliphatic carbocycles. The van der Waals surface area contributed by atoms with Crippen LogP contribution >= 0.6 is 0 Å². The predicted octanol–water partition coefficient (Wildman–Crippen LogP) is 3.27. The van der Waals surface area contributed by atoms with Crippen LogP contribution in [0.25, 0.3) is 0 Å². The van der Waals surface area contributed by atoms with Gasteiger partial charge in [-0.2, -0.15) is 0 Å². The van der Waals surface area contributed by atoms with E-state index >= 15 is 0 Å². The third-order valence-corrected chi connectivity index (χ3v) is 3.86. The number of nitrogens with zero attached hydrogens (tertiary/aromatic N) is 1. The monoisotopic (exact) mass is 249 g/mol. The smallest absolute Gasteiger partial charge is 0.138 e. The van der Waals surface area contributed by atoms with Crippen molar-refractivity contribution in [3.63, 3.8) is 0 Å². The first kappa shape index (κ1) is 13.3. The Morgan fingerprint density at radius 2 is 2.28 bits per heavy atom. The molecule has 1 fully saturated rings. The Bertz CT molecular complexity index is 405. The van der Waals surface area contributed by atoms with Crippen LogP contribution in [0.1, 0.15) is 52.0 Å². The van der Waals surface area contributed by atoms with Crippen LogP contribution in [0.5, 0.6) is 5.75 Å². The number of pyridine rings is 1. The van der Waals surface area contributed by atoms with Crippen LogP contribution in [0.4, 0.5) is 0 Å². The molecule has 0 saturated heterocycles. The van der Waals surface area contributed by atoms with Gasteiger partial charge in [0, 0.05) is 11.8 Å². The molecule has 18 heavy (non-hydrogen) atoms. The molecule has 0 bridgehead atoms. The second kappa shape index (κ2) is 5.27. The van der Waals surface area contributed by atoms with E-state index in [-0.39, 0.29) is 6.10 Å². The maximum absolute atomic E-state index is 10.9. The van der Waals surface area contributed by atoms with Gasteiger partial charge < -0.3 is 9.84 Å². The van der Waals surface area contributed by atoms with Crippen LogP contribution < -0.4 is 4.74 Å². The fourth-order valence-corrected chi connectivity index (χ4v) is 2.97. The van der Waals surface area contributed by atoms with E-state index in [0.29, 0.717) is 5.92 Å². The minimum atomic E-state index is -0.710. The van der Waals surface area contributed by atoms with Gasteiger partial charge in [-0.3, -0.25) is 4.98 Å². The maximum atomic E-state index is 10.9. The molecular formula is C15H23NO2. The second-order valence-electron chi connectivity index (χ2n) is 5.50. The van der Waals surface area contributed by atoms with Crippen LogP contribution in [0.2, 0.25) is 0 Å². The van der Waals surface area contributed by atoms with Crippen LogP contribution in [-0.2, 0) is 5.60 Å². The first-order valence-corrected chi connectivity index (χ1v) is 6.91. The average Bonchev–Trinajstić information content (AvgIpc) is 2.71. The molecule has 0 aliphatic heterocycles. The molecule has 100 valence electrons. The summed E-state index contributed by atoms with van der Waals surface area (Å²) in [6.45, 7) is 6.13. The molecule has 0 aromatic carbocycles. The number of hydrogen-bond donors (Lipinski definition) is 1. The van der Waals surface area contributed by atoms with Gasteiger partial charge in [0.15, 0.2) is 0 Å². The lowest BCUT2D eigenvalue weighted by atomic mass is 9.83. The van der Waals surface area contributed by atoms with Gasteiger partial charge in [0.05, 0.1) is 17.9 Å². The topological polar surface area (TPSA) is 42.4 Å². The van der Waals surface area contributed by atoms with Gasteiger partial charge in [-0.15, -0.1) is 0 Å². The Kier molecular flexibility index (Phi) is 3.91. The second-order valence-corrected chi connectivity index (χ2v) is 5.50. The Morgan fingerprint density at radius 1 is 1.50 bits per heavy atom. The SMILES string of the molecule is CCC1CCCC1(O)c1cncc(OC(C)C)c1. The fourth-order valence-electron chi connectivity index (χ4n) is 2.97. The lowest BCUT2D eigenvalue weighted by Gasteiger charge is -2.30.